The van der Waals surface area contributed by atoms with E-state index in [2.05, 4.69) is 0 Å². The predicted octanol–water partition coefficient (Wildman–Crippen LogP) is 0.435. The van der Waals surface area contributed by atoms with Gasteiger partial charge in [0.05, 0.1) is 30.4 Å². The van der Waals surface area contributed by atoms with Crippen LogP contribution in [-0.4, -0.2) is 39.4 Å². The van der Waals surface area contributed by atoms with Crippen LogP contribution in [-0.2, 0) is 0 Å². The maximum atomic E-state index is 11.9. The van der Waals surface area contributed by atoms with E-state index in [-0.39, 0.29) is 28.9 Å². The fourth-order valence-corrected chi connectivity index (χ4v) is 2.39. The van der Waals surface area contributed by atoms with E-state index in [1.807, 2.05) is 0 Å². The molecule has 1 aromatic carbocycles. The first kappa shape index (κ1) is 13.8. The number of aliphatic hydroxyl groups excluding tert-OH is 3. The van der Waals surface area contributed by atoms with Crippen molar-refractivity contribution >= 4 is 5.78 Å². The van der Waals surface area contributed by atoms with Crippen LogP contribution in [0.5, 0.6) is 11.5 Å². The average molecular weight is 268 g/mol. The number of phenolic OH excluding ortho intramolecular Hbond substituents is 1. The topological polar surface area (TPSA) is 107 Å². The Balaban J connectivity index is 2.74. The highest BCUT2D eigenvalue weighted by atomic mass is 16.5. The van der Waals surface area contributed by atoms with Crippen molar-refractivity contribution in [2.24, 2.45) is 0 Å². The van der Waals surface area contributed by atoms with E-state index < -0.39 is 29.8 Å². The van der Waals surface area contributed by atoms with Gasteiger partial charge in [0.15, 0.2) is 5.78 Å². The molecule has 0 saturated carbocycles. The zero-order chi connectivity index (χ0) is 14.3. The first-order valence-corrected chi connectivity index (χ1v) is 5.89. The molecule has 1 aromatic rings. The fourth-order valence-electron chi connectivity index (χ4n) is 2.39. The lowest BCUT2D eigenvalue weighted by Gasteiger charge is -2.28. The van der Waals surface area contributed by atoms with Crippen LogP contribution in [0.1, 0.15) is 47.0 Å². The lowest BCUT2D eigenvalue weighted by molar-refractivity contribution is 0.00823. The molecule has 0 unspecified atom stereocenters. The first-order valence-electron chi connectivity index (χ1n) is 5.89. The van der Waals surface area contributed by atoms with Gasteiger partial charge in [-0.3, -0.25) is 4.79 Å². The van der Waals surface area contributed by atoms with Gasteiger partial charge in [-0.25, -0.2) is 0 Å². The molecule has 0 aromatic heterocycles. The van der Waals surface area contributed by atoms with Crippen LogP contribution in [0.15, 0.2) is 6.07 Å². The van der Waals surface area contributed by atoms with Crippen LogP contribution in [0, 0.1) is 0 Å². The Morgan fingerprint density at radius 1 is 1.42 bits per heavy atom. The molecule has 0 saturated heterocycles. The molecule has 0 radical (unpaired) electrons. The van der Waals surface area contributed by atoms with Gasteiger partial charge in [-0.05, 0) is 13.0 Å². The minimum absolute atomic E-state index is 0.0606. The number of carbonyl (C=O) groups excluding carboxylic acids is 1. The fraction of sp³-hybridized carbons (Fsp3) is 0.462. The quantitative estimate of drug-likeness (QED) is 0.620. The summed E-state index contributed by atoms with van der Waals surface area (Å²) in [4.78, 5) is 11.9. The molecular weight excluding hydrogens is 252 g/mol. The van der Waals surface area contributed by atoms with Crippen molar-refractivity contribution in [1.82, 2.24) is 0 Å². The molecule has 6 heteroatoms. The molecule has 6 nitrogen and oxygen atoms in total. The van der Waals surface area contributed by atoms with Crippen molar-refractivity contribution in [2.75, 3.05) is 7.11 Å². The van der Waals surface area contributed by atoms with Crippen LogP contribution >= 0.6 is 0 Å². The number of ketones is 1. The molecule has 0 fully saturated rings. The van der Waals surface area contributed by atoms with E-state index in [4.69, 9.17) is 4.74 Å². The Kier molecular flexibility index (Phi) is 3.49. The summed E-state index contributed by atoms with van der Waals surface area (Å²) in [5, 5.41) is 39.3. The van der Waals surface area contributed by atoms with E-state index in [9.17, 15) is 25.2 Å². The van der Waals surface area contributed by atoms with Gasteiger partial charge >= 0.3 is 0 Å². The SMILES string of the molecule is COc1cc2c(c(O)c1[C@@H](C)O)C(=O)C[C@H](O)[C@H]2O. The number of benzene rings is 1. The number of carbonyl (C=O) groups is 1. The summed E-state index contributed by atoms with van der Waals surface area (Å²) in [6.45, 7) is 1.43. The highest BCUT2D eigenvalue weighted by molar-refractivity contribution is 6.02. The number of ether oxygens (including phenoxy) is 1. The van der Waals surface area contributed by atoms with Crippen molar-refractivity contribution in [1.29, 1.82) is 0 Å². The molecule has 104 valence electrons. The third kappa shape index (κ3) is 2.07. The number of Topliss-reactive ketones (excluding diaryl/α,β-unsaturated/α-hetero) is 1. The van der Waals surface area contributed by atoms with Gasteiger partial charge in [-0.15, -0.1) is 0 Å². The number of hydrogen-bond donors (Lipinski definition) is 4. The molecule has 0 heterocycles. The van der Waals surface area contributed by atoms with Crippen LogP contribution < -0.4 is 4.74 Å². The first-order chi connectivity index (χ1) is 8.88. The summed E-state index contributed by atoms with van der Waals surface area (Å²) in [6, 6.07) is 1.36. The van der Waals surface area contributed by atoms with Crippen LogP contribution in [0.25, 0.3) is 0 Å². The molecule has 0 aliphatic heterocycles. The van der Waals surface area contributed by atoms with Crippen molar-refractivity contribution in [3.05, 3.63) is 22.8 Å². The van der Waals surface area contributed by atoms with Crippen molar-refractivity contribution in [3.8, 4) is 11.5 Å². The maximum Gasteiger partial charge on any atom is 0.169 e. The molecule has 0 amide bonds. The van der Waals surface area contributed by atoms with Gasteiger partial charge in [0, 0.05) is 12.0 Å². The minimum atomic E-state index is -1.27. The van der Waals surface area contributed by atoms with Gasteiger partial charge < -0.3 is 25.2 Å². The number of phenols is 1. The Hall–Kier alpha value is -1.63. The largest absolute Gasteiger partial charge is 0.507 e. The molecule has 4 N–H and O–H groups in total. The summed E-state index contributed by atoms with van der Waals surface area (Å²) >= 11 is 0. The van der Waals surface area contributed by atoms with Gasteiger partial charge in [-0.2, -0.15) is 0 Å². The second-order valence-corrected chi connectivity index (χ2v) is 4.62. The third-order valence-electron chi connectivity index (χ3n) is 3.33. The molecular formula is C13H16O6. The smallest absolute Gasteiger partial charge is 0.169 e. The summed E-state index contributed by atoms with van der Waals surface area (Å²) < 4.78 is 5.05. The van der Waals surface area contributed by atoms with Crippen LogP contribution in [0.2, 0.25) is 0 Å². The van der Waals surface area contributed by atoms with E-state index >= 15 is 0 Å². The molecule has 1 aliphatic carbocycles. The summed E-state index contributed by atoms with van der Waals surface area (Å²) in [7, 11) is 1.35. The lowest BCUT2D eigenvalue weighted by atomic mass is 9.83. The number of hydrogen-bond acceptors (Lipinski definition) is 6. The van der Waals surface area contributed by atoms with E-state index in [0.717, 1.165) is 0 Å². The summed E-state index contributed by atoms with van der Waals surface area (Å²) in [5.74, 6) is -0.720. The number of methoxy groups -OCH3 is 1. The van der Waals surface area contributed by atoms with Gasteiger partial charge in [0.2, 0.25) is 0 Å². The third-order valence-corrected chi connectivity index (χ3v) is 3.33. The molecule has 0 bridgehead atoms. The second-order valence-electron chi connectivity index (χ2n) is 4.62. The zero-order valence-electron chi connectivity index (χ0n) is 10.6. The highest BCUT2D eigenvalue weighted by Gasteiger charge is 2.36. The standard InChI is InChI=1S/C13H16O6/c1-5(14)10-9(19-2)3-6-11(13(10)18)7(15)4-8(16)12(6)17/h3,5,8,12,14,16-18H,4H2,1-2H3/t5-,8+,12+/m1/s1. The predicted molar refractivity (Wildman–Crippen MR) is 65.2 cm³/mol. The van der Waals surface area contributed by atoms with Gasteiger partial charge in [0.1, 0.15) is 17.6 Å². The number of fused-ring (bicyclic) bond motifs is 1. The Morgan fingerprint density at radius 3 is 2.58 bits per heavy atom. The Labute approximate surface area is 109 Å². The maximum absolute atomic E-state index is 11.9. The van der Waals surface area contributed by atoms with E-state index in [0.29, 0.717) is 0 Å². The molecule has 3 atom stereocenters. The Bertz CT molecular complexity index is 522. The lowest BCUT2D eigenvalue weighted by Crippen LogP contribution is -2.29. The Morgan fingerprint density at radius 2 is 2.05 bits per heavy atom. The van der Waals surface area contributed by atoms with Gasteiger partial charge in [0.25, 0.3) is 0 Å². The molecule has 19 heavy (non-hydrogen) atoms. The molecule has 1 aliphatic rings. The summed E-state index contributed by atoms with van der Waals surface area (Å²) in [5.41, 5.74) is 0.148. The van der Waals surface area contributed by atoms with E-state index in [1.54, 1.807) is 0 Å². The minimum Gasteiger partial charge on any atom is -0.507 e. The van der Waals surface area contributed by atoms with Crippen molar-refractivity contribution in [3.63, 3.8) is 0 Å². The monoisotopic (exact) mass is 268 g/mol. The average Bonchev–Trinajstić information content (AvgIpc) is 2.34. The summed E-state index contributed by atoms with van der Waals surface area (Å²) in [6.07, 6.45) is -3.78. The second kappa shape index (κ2) is 4.80. The van der Waals surface area contributed by atoms with Crippen LogP contribution in [0.4, 0.5) is 0 Å². The normalized spacial score (nSPS) is 23.9. The number of aromatic hydroxyl groups is 1. The van der Waals surface area contributed by atoms with Crippen molar-refractivity contribution in [2.45, 2.75) is 31.7 Å². The molecule has 2 rings (SSSR count). The van der Waals surface area contributed by atoms with Crippen molar-refractivity contribution < 1.29 is 30.0 Å². The zero-order valence-corrected chi connectivity index (χ0v) is 10.6. The highest BCUT2D eigenvalue weighted by Crippen LogP contribution is 2.43. The molecule has 0 spiro atoms. The van der Waals surface area contributed by atoms with Crippen LogP contribution in [0.3, 0.4) is 0 Å². The number of aliphatic hydroxyl groups is 3. The van der Waals surface area contributed by atoms with E-state index in [1.165, 1.54) is 20.1 Å². The number of rotatable bonds is 2. The van der Waals surface area contributed by atoms with Gasteiger partial charge in [-0.1, -0.05) is 0 Å².